The topological polar surface area (TPSA) is 66.0 Å². The standard InChI is InChI=1S/C12H17NO5/c1-15-8-18-13-12(14)6-9-4-5-10(16-2)7-11(9)17-3/h4-5,7H,6,8H2,1-3H3,(H,13,14). The quantitative estimate of drug-likeness (QED) is 0.445. The molecule has 18 heavy (non-hydrogen) atoms. The van der Waals surface area contributed by atoms with Gasteiger partial charge >= 0.3 is 0 Å². The molecule has 100 valence electrons. The van der Waals surface area contributed by atoms with Gasteiger partial charge in [0.25, 0.3) is 0 Å². The van der Waals surface area contributed by atoms with E-state index in [4.69, 9.17) is 14.3 Å². The van der Waals surface area contributed by atoms with Crippen LogP contribution in [0.5, 0.6) is 11.5 Å². The number of rotatable bonds is 7. The Bertz CT molecular complexity index is 394. The van der Waals surface area contributed by atoms with Crippen LogP contribution in [0.4, 0.5) is 0 Å². The highest BCUT2D eigenvalue weighted by Crippen LogP contribution is 2.24. The van der Waals surface area contributed by atoms with Gasteiger partial charge in [0, 0.05) is 18.7 Å². The molecule has 0 unspecified atom stereocenters. The molecule has 0 aromatic heterocycles. The Balaban J connectivity index is 2.63. The lowest BCUT2D eigenvalue weighted by atomic mass is 10.1. The molecule has 1 rings (SSSR count). The number of carbonyl (C=O) groups is 1. The lowest BCUT2D eigenvalue weighted by Crippen LogP contribution is -2.26. The molecule has 1 amide bonds. The molecular formula is C12H17NO5. The summed E-state index contributed by atoms with van der Waals surface area (Å²) in [7, 11) is 4.58. The van der Waals surface area contributed by atoms with E-state index >= 15 is 0 Å². The molecule has 0 fully saturated rings. The van der Waals surface area contributed by atoms with Crippen LogP contribution in [0, 0.1) is 0 Å². The largest absolute Gasteiger partial charge is 0.497 e. The Morgan fingerprint density at radius 3 is 2.61 bits per heavy atom. The third kappa shape index (κ3) is 4.23. The van der Waals surface area contributed by atoms with Crippen LogP contribution in [-0.2, 0) is 20.8 Å². The van der Waals surface area contributed by atoms with Crippen molar-refractivity contribution in [3.05, 3.63) is 23.8 Å². The van der Waals surface area contributed by atoms with Gasteiger partial charge < -0.3 is 14.2 Å². The van der Waals surface area contributed by atoms with Crippen molar-refractivity contribution in [3.8, 4) is 11.5 Å². The van der Waals surface area contributed by atoms with E-state index in [9.17, 15) is 4.79 Å². The summed E-state index contributed by atoms with van der Waals surface area (Å²) in [5.41, 5.74) is 3.01. The highest BCUT2D eigenvalue weighted by atomic mass is 16.8. The fourth-order valence-electron chi connectivity index (χ4n) is 1.38. The van der Waals surface area contributed by atoms with E-state index in [2.05, 4.69) is 10.2 Å². The molecule has 6 nitrogen and oxygen atoms in total. The highest BCUT2D eigenvalue weighted by molar-refractivity contribution is 5.78. The van der Waals surface area contributed by atoms with E-state index in [1.165, 1.54) is 14.2 Å². The van der Waals surface area contributed by atoms with Gasteiger partial charge in [-0.05, 0) is 6.07 Å². The molecule has 1 aromatic carbocycles. The molecule has 0 saturated carbocycles. The second-order valence-electron chi connectivity index (χ2n) is 3.43. The van der Waals surface area contributed by atoms with Gasteiger partial charge in [0.15, 0.2) is 6.79 Å². The monoisotopic (exact) mass is 255 g/mol. The van der Waals surface area contributed by atoms with E-state index in [0.29, 0.717) is 11.5 Å². The SMILES string of the molecule is COCONC(=O)Cc1ccc(OC)cc1OC. The summed E-state index contributed by atoms with van der Waals surface area (Å²) in [6.07, 6.45) is 0.150. The normalized spacial score (nSPS) is 9.94. The van der Waals surface area contributed by atoms with Gasteiger partial charge in [-0.25, -0.2) is 10.3 Å². The molecule has 6 heteroatoms. The molecule has 1 N–H and O–H groups in total. The third-order valence-corrected chi connectivity index (χ3v) is 2.21. The Morgan fingerprint density at radius 1 is 1.22 bits per heavy atom. The van der Waals surface area contributed by atoms with Crippen LogP contribution < -0.4 is 15.0 Å². The molecule has 0 spiro atoms. The zero-order valence-electron chi connectivity index (χ0n) is 10.7. The molecule has 0 aliphatic rings. The van der Waals surface area contributed by atoms with Crippen molar-refractivity contribution in [1.29, 1.82) is 0 Å². The second kappa shape index (κ2) is 7.52. The molecule has 0 saturated heterocycles. The van der Waals surface area contributed by atoms with E-state index < -0.39 is 0 Å². The van der Waals surface area contributed by atoms with E-state index in [1.807, 2.05) is 0 Å². The summed E-state index contributed by atoms with van der Waals surface area (Å²) in [6.45, 7) is 0.00544. The van der Waals surface area contributed by atoms with E-state index in [-0.39, 0.29) is 19.1 Å². The van der Waals surface area contributed by atoms with Gasteiger partial charge in [0.05, 0.1) is 20.6 Å². The zero-order valence-corrected chi connectivity index (χ0v) is 10.7. The number of amides is 1. The number of hydrogen-bond acceptors (Lipinski definition) is 5. The molecule has 0 atom stereocenters. The number of methoxy groups -OCH3 is 3. The Morgan fingerprint density at radius 2 is 2.00 bits per heavy atom. The van der Waals surface area contributed by atoms with E-state index in [1.54, 1.807) is 25.3 Å². The lowest BCUT2D eigenvalue weighted by Gasteiger charge is -2.10. The summed E-state index contributed by atoms with van der Waals surface area (Å²) in [6, 6.07) is 5.26. The predicted octanol–water partition coefficient (Wildman–Crippen LogP) is 0.898. The minimum absolute atomic E-state index is 0.00544. The average Bonchev–Trinajstić information content (AvgIpc) is 2.39. The van der Waals surface area contributed by atoms with Crippen molar-refractivity contribution in [1.82, 2.24) is 5.48 Å². The molecule has 0 bridgehead atoms. The first-order chi connectivity index (χ1) is 8.71. The van der Waals surface area contributed by atoms with Crippen LogP contribution in [0.3, 0.4) is 0 Å². The van der Waals surface area contributed by atoms with E-state index in [0.717, 1.165) is 5.56 Å². The first kappa shape index (κ1) is 14.3. The van der Waals surface area contributed by atoms with Crippen molar-refractivity contribution < 1.29 is 23.8 Å². The molecule has 0 radical (unpaired) electrons. The summed E-state index contributed by atoms with van der Waals surface area (Å²) in [5, 5.41) is 0. The molecule has 0 heterocycles. The smallest absolute Gasteiger partial charge is 0.248 e. The van der Waals surface area contributed by atoms with Crippen molar-refractivity contribution in [2.45, 2.75) is 6.42 Å². The first-order valence-corrected chi connectivity index (χ1v) is 5.31. The van der Waals surface area contributed by atoms with Gasteiger partial charge in [-0.2, -0.15) is 0 Å². The number of hydroxylamine groups is 1. The van der Waals surface area contributed by atoms with Crippen LogP contribution in [0.25, 0.3) is 0 Å². The Kier molecular flexibility index (Phi) is 5.96. The van der Waals surface area contributed by atoms with Gasteiger partial charge in [0.2, 0.25) is 5.91 Å². The maximum absolute atomic E-state index is 11.5. The van der Waals surface area contributed by atoms with Crippen LogP contribution in [-0.4, -0.2) is 34.0 Å². The summed E-state index contributed by atoms with van der Waals surface area (Å²) in [5.74, 6) is 0.985. The number of benzene rings is 1. The van der Waals surface area contributed by atoms with Crippen molar-refractivity contribution in [2.24, 2.45) is 0 Å². The van der Waals surface area contributed by atoms with Crippen molar-refractivity contribution in [2.75, 3.05) is 28.1 Å². The number of nitrogens with one attached hydrogen (secondary N) is 1. The van der Waals surface area contributed by atoms with Crippen molar-refractivity contribution in [3.63, 3.8) is 0 Å². The third-order valence-electron chi connectivity index (χ3n) is 2.21. The van der Waals surface area contributed by atoms with Gasteiger partial charge in [-0.15, -0.1) is 0 Å². The number of ether oxygens (including phenoxy) is 3. The van der Waals surface area contributed by atoms with Crippen LogP contribution in [0.2, 0.25) is 0 Å². The maximum atomic E-state index is 11.5. The Labute approximate surface area is 106 Å². The van der Waals surface area contributed by atoms with Crippen LogP contribution in [0.1, 0.15) is 5.56 Å². The predicted molar refractivity (Wildman–Crippen MR) is 64.4 cm³/mol. The number of hydrogen-bond donors (Lipinski definition) is 1. The van der Waals surface area contributed by atoms with Gasteiger partial charge in [0.1, 0.15) is 11.5 Å². The molecule has 1 aromatic rings. The number of carbonyl (C=O) groups excluding carboxylic acids is 1. The Hall–Kier alpha value is -1.79. The zero-order chi connectivity index (χ0) is 13.4. The second-order valence-corrected chi connectivity index (χ2v) is 3.43. The highest BCUT2D eigenvalue weighted by Gasteiger charge is 2.09. The summed E-state index contributed by atoms with van der Waals surface area (Å²) < 4.78 is 14.9. The average molecular weight is 255 g/mol. The maximum Gasteiger partial charge on any atom is 0.248 e. The summed E-state index contributed by atoms with van der Waals surface area (Å²) >= 11 is 0. The molecule has 0 aliphatic carbocycles. The van der Waals surface area contributed by atoms with Gasteiger partial charge in [-0.3, -0.25) is 4.79 Å². The first-order valence-electron chi connectivity index (χ1n) is 5.31. The van der Waals surface area contributed by atoms with Gasteiger partial charge in [-0.1, -0.05) is 6.07 Å². The van der Waals surface area contributed by atoms with Crippen LogP contribution >= 0.6 is 0 Å². The fraction of sp³-hybridized carbons (Fsp3) is 0.417. The summed E-state index contributed by atoms with van der Waals surface area (Å²) in [4.78, 5) is 16.3. The lowest BCUT2D eigenvalue weighted by molar-refractivity contribution is -0.143. The fourth-order valence-corrected chi connectivity index (χ4v) is 1.38. The molecule has 0 aliphatic heterocycles. The van der Waals surface area contributed by atoms with Crippen LogP contribution in [0.15, 0.2) is 18.2 Å². The minimum atomic E-state index is -0.282. The minimum Gasteiger partial charge on any atom is -0.497 e. The van der Waals surface area contributed by atoms with Crippen molar-refractivity contribution >= 4 is 5.91 Å². The molecular weight excluding hydrogens is 238 g/mol.